The summed E-state index contributed by atoms with van der Waals surface area (Å²) < 4.78 is 5.24. The van der Waals surface area contributed by atoms with Gasteiger partial charge in [-0.15, -0.1) is 0 Å². The summed E-state index contributed by atoms with van der Waals surface area (Å²) in [7, 11) is 0. The molecule has 104 valence electrons. The number of carbonyl (C=O) groups is 1. The van der Waals surface area contributed by atoms with Crippen LogP contribution in [-0.2, 0) is 22.7 Å². The van der Waals surface area contributed by atoms with Crippen molar-refractivity contribution in [2.75, 3.05) is 32.8 Å². The highest BCUT2D eigenvalue weighted by atomic mass is 16.5. The number of ether oxygens (including phenoxy) is 1. The summed E-state index contributed by atoms with van der Waals surface area (Å²) >= 11 is 0. The van der Waals surface area contributed by atoms with Gasteiger partial charge >= 0.3 is 0 Å². The fourth-order valence-corrected chi connectivity index (χ4v) is 2.10. The van der Waals surface area contributed by atoms with Crippen LogP contribution in [0.25, 0.3) is 0 Å². The Labute approximate surface area is 113 Å². The lowest BCUT2D eigenvalue weighted by Crippen LogP contribution is -2.43. The molecule has 1 fully saturated rings. The summed E-state index contributed by atoms with van der Waals surface area (Å²) in [5, 5.41) is 12.1. The fraction of sp³-hybridized carbons (Fsp3) is 0.500. The number of rotatable bonds is 5. The molecule has 0 aromatic heterocycles. The van der Waals surface area contributed by atoms with Gasteiger partial charge in [-0.2, -0.15) is 0 Å². The predicted octanol–water partition coefficient (Wildman–Crippen LogP) is 0.127. The van der Waals surface area contributed by atoms with Crippen molar-refractivity contribution in [1.29, 1.82) is 0 Å². The van der Waals surface area contributed by atoms with Crippen LogP contribution in [-0.4, -0.2) is 48.8 Å². The second-order valence-corrected chi connectivity index (χ2v) is 4.59. The van der Waals surface area contributed by atoms with E-state index in [2.05, 4.69) is 10.2 Å². The first-order chi connectivity index (χ1) is 9.29. The Bertz CT molecular complexity index is 417. The molecular weight excluding hydrogens is 244 g/mol. The molecule has 1 aliphatic rings. The summed E-state index contributed by atoms with van der Waals surface area (Å²) in [6.45, 7) is 3.86. The minimum absolute atomic E-state index is 0.00446. The van der Waals surface area contributed by atoms with Crippen molar-refractivity contribution in [3.63, 3.8) is 0 Å². The van der Waals surface area contributed by atoms with Crippen molar-refractivity contribution in [3.05, 3.63) is 35.4 Å². The van der Waals surface area contributed by atoms with E-state index in [1.807, 2.05) is 24.3 Å². The monoisotopic (exact) mass is 264 g/mol. The van der Waals surface area contributed by atoms with Crippen LogP contribution in [0.5, 0.6) is 0 Å². The zero-order valence-electron chi connectivity index (χ0n) is 11.0. The SMILES string of the molecule is O=C(CN1CCOCC1)NCc1ccccc1CO. The van der Waals surface area contributed by atoms with Crippen molar-refractivity contribution >= 4 is 5.91 Å². The first-order valence-corrected chi connectivity index (χ1v) is 6.54. The third-order valence-corrected chi connectivity index (χ3v) is 3.24. The van der Waals surface area contributed by atoms with Crippen LogP contribution >= 0.6 is 0 Å². The highest BCUT2D eigenvalue weighted by Gasteiger charge is 2.13. The van der Waals surface area contributed by atoms with Crippen molar-refractivity contribution in [2.24, 2.45) is 0 Å². The van der Waals surface area contributed by atoms with Crippen LogP contribution in [0.2, 0.25) is 0 Å². The number of morpholine rings is 1. The van der Waals surface area contributed by atoms with Crippen LogP contribution < -0.4 is 5.32 Å². The van der Waals surface area contributed by atoms with Gasteiger partial charge in [-0.3, -0.25) is 9.69 Å². The van der Waals surface area contributed by atoms with Crippen molar-refractivity contribution in [1.82, 2.24) is 10.2 Å². The lowest BCUT2D eigenvalue weighted by atomic mass is 10.1. The summed E-state index contributed by atoms with van der Waals surface area (Å²) in [5.41, 5.74) is 1.81. The highest BCUT2D eigenvalue weighted by molar-refractivity contribution is 5.78. The van der Waals surface area contributed by atoms with E-state index < -0.39 is 0 Å². The third kappa shape index (κ3) is 4.31. The van der Waals surface area contributed by atoms with E-state index in [1.54, 1.807) is 0 Å². The molecule has 0 radical (unpaired) electrons. The lowest BCUT2D eigenvalue weighted by Gasteiger charge is -2.25. The normalized spacial score (nSPS) is 16.3. The van der Waals surface area contributed by atoms with Gasteiger partial charge in [0.1, 0.15) is 0 Å². The minimum atomic E-state index is -0.00446. The number of aliphatic hydroxyl groups excluding tert-OH is 1. The topological polar surface area (TPSA) is 61.8 Å². The molecule has 0 spiro atoms. The number of nitrogens with zero attached hydrogens (tertiary/aromatic N) is 1. The zero-order valence-corrected chi connectivity index (χ0v) is 11.0. The van der Waals surface area contributed by atoms with Crippen LogP contribution in [0.4, 0.5) is 0 Å². The number of benzene rings is 1. The first kappa shape index (κ1) is 14.0. The van der Waals surface area contributed by atoms with Crippen LogP contribution in [0.1, 0.15) is 11.1 Å². The average molecular weight is 264 g/mol. The largest absolute Gasteiger partial charge is 0.392 e. The molecule has 0 aliphatic carbocycles. The lowest BCUT2D eigenvalue weighted by molar-refractivity contribution is -0.123. The molecule has 2 N–H and O–H groups in total. The number of carbonyl (C=O) groups excluding carboxylic acids is 1. The van der Waals surface area contributed by atoms with Crippen LogP contribution in [0, 0.1) is 0 Å². The van der Waals surface area contributed by atoms with E-state index >= 15 is 0 Å². The maximum atomic E-state index is 11.8. The predicted molar refractivity (Wildman–Crippen MR) is 71.5 cm³/mol. The van der Waals surface area contributed by atoms with Crippen molar-refractivity contribution in [2.45, 2.75) is 13.2 Å². The number of amides is 1. The quantitative estimate of drug-likeness (QED) is 0.793. The third-order valence-electron chi connectivity index (χ3n) is 3.24. The fourth-order valence-electron chi connectivity index (χ4n) is 2.10. The molecule has 0 unspecified atom stereocenters. The van der Waals surface area contributed by atoms with Gasteiger partial charge in [0.25, 0.3) is 0 Å². The number of aliphatic hydroxyl groups is 1. The van der Waals surface area contributed by atoms with Crippen LogP contribution in [0.15, 0.2) is 24.3 Å². The molecule has 5 heteroatoms. The Kier molecular flexibility index (Phi) is 5.32. The molecule has 1 heterocycles. The Hall–Kier alpha value is -1.43. The number of nitrogens with one attached hydrogen (secondary N) is 1. The second-order valence-electron chi connectivity index (χ2n) is 4.59. The molecule has 1 saturated heterocycles. The van der Waals surface area contributed by atoms with Gasteiger partial charge in [-0.05, 0) is 11.1 Å². The molecule has 5 nitrogen and oxygen atoms in total. The molecular formula is C14H20N2O3. The van der Waals surface area contributed by atoms with E-state index in [9.17, 15) is 9.90 Å². The van der Waals surface area contributed by atoms with E-state index in [4.69, 9.17) is 4.74 Å². The highest BCUT2D eigenvalue weighted by Crippen LogP contribution is 2.08. The van der Waals surface area contributed by atoms with Gasteiger partial charge in [-0.1, -0.05) is 24.3 Å². The molecule has 0 bridgehead atoms. The van der Waals surface area contributed by atoms with E-state index in [1.165, 1.54) is 0 Å². The molecule has 0 atom stereocenters. The smallest absolute Gasteiger partial charge is 0.234 e. The van der Waals surface area contributed by atoms with Gasteiger partial charge in [-0.25, -0.2) is 0 Å². The number of hydrogen-bond donors (Lipinski definition) is 2. The summed E-state index contributed by atoms with van der Waals surface area (Å²) in [6, 6.07) is 7.57. The van der Waals surface area contributed by atoms with Crippen molar-refractivity contribution in [3.8, 4) is 0 Å². The molecule has 2 rings (SSSR count). The average Bonchev–Trinajstić information content (AvgIpc) is 2.46. The standard InChI is InChI=1S/C14H20N2O3/c17-11-13-4-2-1-3-12(13)9-15-14(18)10-16-5-7-19-8-6-16/h1-4,17H,5-11H2,(H,15,18). The van der Waals surface area contributed by atoms with Gasteiger partial charge in [0.2, 0.25) is 5.91 Å². The maximum absolute atomic E-state index is 11.8. The molecule has 1 aromatic carbocycles. The van der Waals surface area contributed by atoms with Crippen LogP contribution in [0.3, 0.4) is 0 Å². The molecule has 1 aromatic rings. The second kappa shape index (κ2) is 7.23. The summed E-state index contributed by atoms with van der Waals surface area (Å²) in [5.74, 6) is 0.00893. The van der Waals surface area contributed by atoms with Gasteiger partial charge in [0.05, 0.1) is 26.4 Å². The Morgan fingerprint density at radius 3 is 2.63 bits per heavy atom. The molecule has 19 heavy (non-hydrogen) atoms. The zero-order chi connectivity index (χ0) is 13.5. The minimum Gasteiger partial charge on any atom is -0.392 e. The van der Waals surface area contributed by atoms with Gasteiger partial charge in [0, 0.05) is 19.6 Å². The number of hydrogen-bond acceptors (Lipinski definition) is 4. The van der Waals surface area contributed by atoms with E-state index in [0.717, 1.165) is 24.2 Å². The molecule has 1 aliphatic heterocycles. The maximum Gasteiger partial charge on any atom is 0.234 e. The first-order valence-electron chi connectivity index (χ1n) is 6.54. The van der Waals surface area contributed by atoms with Gasteiger partial charge in [0.15, 0.2) is 0 Å². The van der Waals surface area contributed by atoms with Crippen molar-refractivity contribution < 1.29 is 14.6 Å². The Morgan fingerprint density at radius 1 is 1.26 bits per heavy atom. The molecule has 0 saturated carbocycles. The summed E-state index contributed by atoms with van der Waals surface area (Å²) in [6.07, 6.45) is 0. The van der Waals surface area contributed by atoms with Gasteiger partial charge < -0.3 is 15.2 Å². The Morgan fingerprint density at radius 2 is 1.95 bits per heavy atom. The molecule has 1 amide bonds. The summed E-state index contributed by atoms with van der Waals surface area (Å²) in [4.78, 5) is 13.9. The van der Waals surface area contributed by atoms with E-state index in [-0.39, 0.29) is 12.5 Å². The Balaban J connectivity index is 1.79. The van der Waals surface area contributed by atoms with E-state index in [0.29, 0.717) is 26.3 Å².